The number of anilines is 3. The Bertz CT molecular complexity index is 1050. The van der Waals surface area contributed by atoms with Crippen LogP contribution in [-0.4, -0.2) is 58.6 Å². The number of urea groups is 1. The Morgan fingerprint density at radius 2 is 2.06 bits per heavy atom. The van der Waals surface area contributed by atoms with E-state index in [9.17, 15) is 23.9 Å². The number of aromatic nitrogens is 1. The number of nitrogens with one attached hydrogen (secondary N) is 2. The fraction of sp³-hybridized carbons (Fsp3) is 0.333. The quantitative estimate of drug-likeness (QED) is 0.592. The molecule has 2 fully saturated rings. The molecule has 3 heterocycles. The predicted molar refractivity (Wildman–Crippen MR) is 116 cm³/mol. The van der Waals surface area contributed by atoms with Crippen molar-refractivity contribution < 1.29 is 23.9 Å². The van der Waals surface area contributed by atoms with E-state index >= 15 is 0 Å². The number of hydrogen-bond donors (Lipinski definition) is 3. The molecule has 4 amide bonds. The zero-order chi connectivity index (χ0) is 22.8. The summed E-state index contributed by atoms with van der Waals surface area (Å²) in [5.74, 6) is -1.38. The van der Waals surface area contributed by atoms with Gasteiger partial charge in [0.2, 0.25) is 11.8 Å². The molecule has 1 aromatic carbocycles. The highest BCUT2D eigenvalue weighted by Gasteiger charge is 2.39. The van der Waals surface area contributed by atoms with E-state index in [1.165, 1.54) is 34.2 Å². The van der Waals surface area contributed by atoms with Crippen LogP contribution in [0.3, 0.4) is 0 Å². The lowest BCUT2D eigenvalue weighted by Gasteiger charge is -2.30. The zero-order valence-electron chi connectivity index (χ0n) is 16.9. The number of carbonyl (C=O) groups excluding carboxylic acids is 3. The molecule has 0 saturated carbocycles. The van der Waals surface area contributed by atoms with Gasteiger partial charge in [0.15, 0.2) is 0 Å². The van der Waals surface area contributed by atoms with Gasteiger partial charge in [-0.1, -0.05) is 11.6 Å². The monoisotopic (exact) mass is 461 g/mol. The van der Waals surface area contributed by atoms with Gasteiger partial charge in [0.05, 0.1) is 10.7 Å². The lowest BCUT2D eigenvalue weighted by Crippen LogP contribution is -2.45. The van der Waals surface area contributed by atoms with Crippen molar-refractivity contribution in [3.8, 4) is 0 Å². The van der Waals surface area contributed by atoms with Crippen molar-refractivity contribution in [1.82, 2.24) is 9.88 Å². The summed E-state index contributed by atoms with van der Waals surface area (Å²) < 4.78 is 14.6. The second-order valence-electron chi connectivity index (χ2n) is 7.69. The van der Waals surface area contributed by atoms with Crippen molar-refractivity contribution in [2.45, 2.75) is 18.9 Å². The molecule has 2 saturated heterocycles. The summed E-state index contributed by atoms with van der Waals surface area (Å²) in [6, 6.07) is 5.74. The minimum atomic E-state index is -0.907. The SMILES string of the molecule is O=C(Nc1ccc(N2CCC2=O)cc1F)[C@H]1C[C@@H](CO)CN1C(=O)Nc1ccc(Cl)cn1. The Morgan fingerprint density at radius 3 is 2.66 bits per heavy atom. The first-order chi connectivity index (χ1) is 15.4. The number of benzene rings is 1. The first-order valence-electron chi connectivity index (χ1n) is 10.1. The van der Waals surface area contributed by atoms with Crippen LogP contribution >= 0.6 is 11.6 Å². The van der Waals surface area contributed by atoms with Gasteiger partial charge in [-0.3, -0.25) is 14.9 Å². The van der Waals surface area contributed by atoms with Gasteiger partial charge in [-0.05, 0) is 36.8 Å². The van der Waals surface area contributed by atoms with Gasteiger partial charge in [-0.25, -0.2) is 14.2 Å². The summed E-state index contributed by atoms with van der Waals surface area (Å²) in [7, 11) is 0. The molecule has 2 aliphatic rings. The fourth-order valence-corrected chi connectivity index (χ4v) is 3.85. The Labute approximate surface area is 188 Å². The van der Waals surface area contributed by atoms with Crippen LogP contribution in [0.1, 0.15) is 12.8 Å². The fourth-order valence-electron chi connectivity index (χ4n) is 3.74. The maximum Gasteiger partial charge on any atom is 0.323 e. The average molecular weight is 462 g/mol. The summed E-state index contributed by atoms with van der Waals surface area (Å²) >= 11 is 5.80. The molecule has 0 aliphatic carbocycles. The van der Waals surface area contributed by atoms with Crippen molar-refractivity contribution in [1.29, 1.82) is 0 Å². The van der Waals surface area contributed by atoms with Crippen LogP contribution in [0.2, 0.25) is 5.02 Å². The summed E-state index contributed by atoms with van der Waals surface area (Å²) in [5.41, 5.74) is 0.369. The maximum absolute atomic E-state index is 14.6. The highest BCUT2D eigenvalue weighted by atomic mass is 35.5. The maximum atomic E-state index is 14.6. The van der Waals surface area contributed by atoms with Crippen molar-refractivity contribution in [3.05, 3.63) is 47.4 Å². The third-order valence-electron chi connectivity index (χ3n) is 5.54. The standard InChI is InChI=1S/C21H21ClFN5O4/c22-13-1-4-18(24-9-13)26-21(32)28-10-12(11-29)7-17(28)20(31)25-16-3-2-14(8-15(16)23)27-6-5-19(27)30/h1-4,8-9,12,17,29H,5-7,10-11H2,(H,25,31)(H,24,26,32)/t12-,17-/m1/s1. The molecule has 1 aromatic heterocycles. The number of nitrogens with zero attached hydrogens (tertiary/aromatic N) is 3. The molecule has 11 heteroatoms. The third-order valence-corrected chi connectivity index (χ3v) is 5.77. The molecule has 0 radical (unpaired) electrons. The Hall–Kier alpha value is -3.24. The first kappa shape index (κ1) is 22.0. The molecule has 2 aromatic rings. The number of hydrogen-bond acceptors (Lipinski definition) is 5. The van der Waals surface area contributed by atoms with Crippen molar-refractivity contribution in [2.24, 2.45) is 5.92 Å². The number of aliphatic hydroxyl groups is 1. The van der Waals surface area contributed by atoms with Crippen LogP contribution in [0.4, 0.5) is 26.4 Å². The predicted octanol–water partition coefficient (Wildman–Crippen LogP) is 2.46. The molecular weight excluding hydrogens is 441 g/mol. The molecule has 0 spiro atoms. The van der Waals surface area contributed by atoms with E-state index in [4.69, 9.17) is 11.6 Å². The second kappa shape index (κ2) is 9.09. The minimum absolute atomic E-state index is 0.0566. The number of rotatable bonds is 5. The van der Waals surface area contributed by atoms with E-state index in [1.807, 2.05) is 0 Å². The summed E-state index contributed by atoms with van der Waals surface area (Å²) in [4.78, 5) is 43.9. The normalized spacial score (nSPS) is 20.2. The van der Waals surface area contributed by atoms with Crippen LogP contribution < -0.4 is 15.5 Å². The van der Waals surface area contributed by atoms with E-state index in [2.05, 4.69) is 15.6 Å². The number of aliphatic hydroxyl groups excluding tert-OH is 1. The van der Waals surface area contributed by atoms with Gasteiger partial charge in [0, 0.05) is 43.9 Å². The van der Waals surface area contributed by atoms with Gasteiger partial charge >= 0.3 is 6.03 Å². The smallest absolute Gasteiger partial charge is 0.323 e. The third kappa shape index (κ3) is 4.51. The molecule has 3 N–H and O–H groups in total. The van der Waals surface area contributed by atoms with Crippen LogP contribution in [0, 0.1) is 11.7 Å². The van der Waals surface area contributed by atoms with Gasteiger partial charge < -0.3 is 20.2 Å². The topological polar surface area (TPSA) is 115 Å². The second-order valence-corrected chi connectivity index (χ2v) is 8.13. The minimum Gasteiger partial charge on any atom is -0.396 e. The number of carbonyl (C=O) groups is 3. The Balaban J connectivity index is 1.46. The van der Waals surface area contributed by atoms with Gasteiger partial charge in [0.1, 0.15) is 17.7 Å². The van der Waals surface area contributed by atoms with E-state index in [1.54, 1.807) is 12.1 Å². The average Bonchev–Trinajstić information content (AvgIpc) is 3.21. The molecule has 4 rings (SSSR count). The number of amides is 4. The molecule has 32 heavy (non-hydrogen) atoms. The number of halogens is 2. The lowest BCUT2D eigenvalue weighted by atomic mass is 10.1. The Kier molecular flexibility index (Phi) is 6.24. The largest absolute Gasteiger partial charge is 0.396 e. The first-order valence-corrected chi connectivity index (χ1v) is 10.4. The van der Waals surface area contributed by atoms with Crippen LogP contribution in [0.5, 0.6) is 0 Å². The van der Waals surface area contributed by atoms with Crippen molar-refractivity contribution >= 4 is 46.6 Å². The van der Waals surface area contributed by atoms with E-state index in [0.29, 0.717) is 23.7 Å². The molecule has 2 atom stereocenters. The van der Waals surface area contributed by atoms with E-state index in [-0.39, 0.29) is 42.9 Å². The van der Waals surface area contributed by atoms with Crippen molar-refractivity contribution in [2.75, 3.05) is 35.2 Å². The molecule has 2 aliphatic heterocycles. The molecule has 0 bridgehead atoms. The van der Waals surface area contributed by atoms with Crippen molar-refractivity contribution in [3.63, 3.8) is 0 Å². The number of pyridine rings is 1. The Morgan fingerprint density at radius 1 is 1.25 bits per heavy atom. The van der Waals surface area contributed by atoms with Gasteiger partial charge in [-0.2, -0.15) is 0 Å². The van der Waals surface area contributed by atoms with Crippen LogP contribution in [0.25, 0.3) is 0 Å². The van der Waals surface area contributed by atoms with Gasteiger partial charge in [0.25, 0.3) is 0 Å². The molecule has 168 valence electrons. The van der Waals surface area contributed by atoms with Crippen LogP contribution in [-0.2, 0) is 9.59 Å². The number of likely N-dealkylation sites (tertiary alicyclic amines) is 1. The van der Waals surface area contributed by atoms with Crippen LogP contribution in [0.15, 0.2) is 36.5 Å². The molecular formula is C21H21ClFN5O4. The highest BCUT2D eigenvalue weighted by Crippen LogP contribution is 2.28. The molecule has 9 nitrogen and oxygen atoms in total. The summed E-state index contributed by atoms with van der Waals surface area (Å²) in [6.07, 6.45) is 2.03. The number of β-lactam (4-membered cyclic amide) rings is 1. The molecule has 0 unspecified atom stereocenters. The van der Waals surface area contributed by atoms with Gasteiger partial charge in [-0.15, -0.1) is 0 Å². The lowest BCUT2D eigenvalue weighted by molar-refractivity contribution is -0.122. The summed E-state index contributed by atoms with van der Waals surface area (Å²) in [6.45, 7) is 0.493. The van der Waals surface area contributed by atoms with E-state index in [0.717, 1.165) is 0 Å². The zero-order valence-corrected chi connectivity index (χ0v) is 17.7. The highest BCUT2D eigenvalue weighted by molar-refractivity contribution is 6.30. The van der Waals surface area contributed by atoms with E-state index < -0.39 is 23.8 Å². The summed E-state index contributed by atoms with van der Waals surface area (Å²) in [5, 5.41) is 15.1.